The Kier molecular flexibility index (Phi) is 4.24. The summed E-state index contributed by atoms with van der Waals surface area (Å²) in [6.45, 7) is 2.13. The van der Waals surface area contributed by atoms with E-state index in [1.54, 1.807) is 11.3 Å². The molecular weight excluding hydrogens is 370 g/mol. The lowest BCUT2D eigenvalue weighted by Crippen LogP contribution is -2.15. The Bertz CT molecular complexity index is 490. The molecule has 2 aromatic rings. The highest BCUT2D eigenvalue weighted by Crippen LogP contribution is 2.39. The molecule has 2 aromatic heterocycles. The van der Waals surface area contributed by atoms with Crippen molar-refractivity contribution >= 4 is 54.5 Å². The van der Waals surface area contributed by atoms with Crippen molar-refractivity contribution in [2.24, 2.45) is 0 Å². The first-order valence-electron chi connectivity index (χ1n) is 4.79. The van der Waals surface area contributed by atoms with Crippen LogP contribution in [0.4, 0.5) is 0 Å². The van der Waals surface area contributed by atoms with E-state index in [0.717, 1.165) is 0 Å². The zero-order chi connectivity index (χ0) is 11.7. The van der Waals surface area contributed by atoms with Crippen molar-refractivity contribution in [3.8, 4) is 0 Å². The van der Waals surface area contributed by atoms with Crippen LogP contribution in [0, 0.1) is 6.92 Å². The summed E-state index contributed by atoms with van der Waals surface area (Å²) < 4.78 is 2.37. The minimum Gasteiger partial charge on any atom is -0.308 e. The molecule has 1 atom stereocenters. The van der Waals surface area contributed by atoms with Crippen LogP contribution < -0.4 is 5.32 Å². The summed E-state index contributed by atoms with van der Waals surface area (Å²) in [6.07, 6.45) is 0. The number of hydrogen-bond donors (Lipinski definition) is 1. The minimum atomic E-state index is 0.266. The number of hydrogen-bond acceptors (Lipinski definition) is 3. The summed E-state index contributed by atoms with van der Waals surface area (Å²) in [4.78, 5) is 3.99. The quantitative estimate of drug-likeness (QED) is 0.793. The molecule has 16 heavy (non-hydrogen) atoms. The van der Waals surface area contributed by atoms with Crippen LogP contribution in [-0.4, -0.2) is 7.05 Å². The first-order chi connectivity index (χ1) is 7.63. The van der Waals surface area contributed by atoms with Gasteiger partial charge in [0.25, 0.3) is 0 Å². The number of rotatable bonds is 3. The molecule has 0 bridgehead atoms. The second-order valence-electron chi connectivity index (χ2n) is 3.42. The maximum Gasteiger partial charge on any atom is 0.0785 e. The molecular formula is C11H11Br2NS2. The van der Waals surface area contributed by atoms with Crippen LogP contribution in [-0.2, 0) is 0 Å². The molecule has 0 saturated carbocycles. The van der Waals surface area contributed by atoms with Gasteiger partial charge in [0.05, 0.1) is 6.04 Å². The summed E-state index contributed by atoms with van der Waals surface area (Å²) in [5.41, 5.74) is 0. The Morgan fingerprint density at radius 1 is 1.25 bits per heavy atom. The van der Waals surface area contributed by atoms with Gasteiger partial charge in [-0.3, -0.25) is 0 Å². The molecule has 0 aliphatic heterocycles. The van der Waals surface area contributed by atoms with Crippen molar-refractivity contribution in [3.63, 3.8) is 0 Å². The molecule has 2 rings (SSSR count). The summed E-state index contributed by atoms with van der Waals surface area (Å²) in [5.74, 6) is 0. The van der Waals surface area contributed by atoms with Gasteiger partial charge in [-0.05, 0) is 63.3 Å². The molecule has 5 heteroatoms. The molecule has 0 spiro atoms. The summed E-state index contributed by atoms with van der Waals surface area (Å²) >= 11 is 10.8. The van der Waals surface area contributed by atoms with E-state index in [4.69, 9.17) is 0 Å². The molecule has 0 radical (unpaired) electrons. The third-order valence-electron chi connectivity index (χ3n) is 2.29. The molecule has 0 fully saturated rings. The van der Waals surface area contributed by atoms with Crippen LogP contribution in [0.2, 0.25) is 0 Å². The van der Waals surface area contributed by atoms with Crippen LogP contribution in [0.1, 0.15) is 20.7 Å². The maximum atomic E-state index is 3.63. The molecule has 0 aromatic carbocycles. The van der Waals surface area contributed by atoms with Crippen molar-refractivity contribution in [1.29, 1.82) is 0 Å². The molecule has 0 amide bonds. The lowest BCUT2D eigenvalue weighted by Gasteiger charge is -2.14. The monoisotopic (exact) mass is 379 g/mol. The number of thiophene rings is 2. The molecule has 0 saturated heterocycles. The van der Waals surface area contributed by atoms with Gasteiger partial charge in [0, 0.05) is 23.6 Å². The lowest BCUT2D eigenvalue weighted by molar-refractivity contribution is 0.711. The third kappa shape index (κ3) is 2.43. The topological polar surface area (TPSA) is 12.0 Å². The molecule has 0 aliphatic carbocycles. The van der Waals surface area contributed by atoms with E-state index in [0.29, 0.717) is 0 Å². The van der Waals surface area contributed by atoms with Crippen LogP contribution in [0.15, 0.2) is 26.5 Å². The van der Waals surface area contributed by atoms with Crippen molar-refractivity contribution < 1.29 is 0 Å². The molecule has 1 unspecified atom stereocenters. The van der Waals surface area contributed by atoms with Crippen molar-refractivity contribution in [3.05, 3.63) is 41.1 Å². The Morgan fingerprint density at radius 2 is 2.00 bits per heavy atom. The largest absolute Gasteiger partial charge is 0.308 e. The van der Waals surface area contributed by atoms with Gasteiger partial charge in [-0.25, -0.2) is 0 Å². The number of nitrogens with one attached hydrogen (secondary N) is 1. The Morgan fingerprint density at radius 3 is 2.44 bits per heavy atom. The number of aryl methyl sites for hydroxylation is 1. The zero-order valence-corrected chi connectivity index (χ0v) is 13.7. The van der Waals surface area contributed by atoms with Crippen LogP contribution >= 0.6 is 54.5 Å². The van der Waals surface area contributed by atoms with Gasteiger partial charge in [0.1, 0.15) is 0 Å². The van der Waals surface area contributed by atoms with E-state index in [9.17, 15) is 0 Å². The first kappa shape index (κ1) is 12.8. The van der Waals surface area contributed by atoms with Gasteiger partial charge in [-0.1, -0.05) is 0 Å². The predicted molar refractivity (Wildman–Crippen MR) is 79.7 cm³/mol. The van der Waals surface area contributed by atoms with Gasteiger partial charge in [0.2, 0.25) is 0 Å². The van der Waals surface area contributed by atoms with Gasteiger partial charge in [-0.15, -0.1) is 22.7 Å². The summed E-state index contributed by atoms with van der Waals surface area (Å²) in [7, 11) is 2.00. The van der Waals surface area contributed by atoms with Crippen LogP contribution in [0.25, 0.3) is 0 Å². The molecule has 1 N–H and O–H groups in total. The van der Waals surface area contributed by atoms with Crippen LogP contribution in [0.5, 0.6) is 0 Å². The highest BCUT2D eigenvalue weighted by molar-refractivity contribution is 9.11. The zero-order valence-electron chi connectivity index (χ0n) is 8.88. The molecule has 2 heterocycles. The van der Waals surface area contributed by atoms with Gasteiger partial charge in [0.15, 0.2) is 0 Å². The Labute approximate surface area is 120 Å². The Balaban J connectivity index is 2.44. The highest BCUT2D eigenvalue weighted by atomic mass is 79.9. The van der Waals surface area contributed by atoms with E-state index < -0.39 is 0 Å². The normalized spacial score (nSPS) is 13.0. The van der Waals surface area contributed by atoms with Gasteiger partial charge >= 0.3 is 0 Å². The smallest absolute Gasteiger partial charge is 0.0785 e. The second kappa shape index (κ2) is 5.31. The van der Waals surface area contributed by atoms with E-state index >= 15 is 0 Å². The van der Waals surface area contributed by atoms with Crippen molar-refractivity contribution in [1.82, 2.24) is 5.32 Å². The lowest BCUT2D eigenvalue weighted by atomic mass is 10.2. The average Bonchev–Trinajstić information content (AvgIpc) is 2.77. The average molecular weight is 381 g/mol. The second-order valence-corrected chi connectivity index (χ2v) is 7.37. The minimum absolute atomic E-state index is 0.266. The predicted octanol–water partition coefficient (Wildman–Crippen LogP) is 4.95. The maximum absolute atomic E-state index is 3.63. The molecule has 1 nitrogen and oxygen atoms in total. The van der Waals surface area contributed by atoms with Gasteiger partial charge in [-0.2, -0.15) is 0 Å². The number of halogens is 2. The standard InChI is InChI=1S/C11H11Br2NS2/c1-6-5-8(13)11(16-6)9(14-2)10-7(12)3-4-15-10/h3-5,9,14H,1-2H3. The van der Waals surface area contributed by atoms with Crippen LogP contribution in [0.3, 0.4) is 0 Å². The molecule has 0 aliphatic rings. The fraction of sp³-hybridized carbons (Fsp3) is 0.273. The first-order valence-corrected chi connectivity index (χ1v) is 8.07. The fourth-order valence-electron chi connectivity index (χ4n) is 1.59. The van der Waals surface area contributed by atoms with E-state index in [-0.39, 0.29) is 6.04 Å². The SMILES string of the molecule is CNC(c1sccc1Br)c1sc(C)cc1Br. The highest BCUT2D eigenvalue weighted by Gasteiger charge is 2.20. The van der Waals surface area contributed by atoms with E-state index in [1.807, 2.05) is 18.4 Å². The summed E-state index contributed by atoms with van der Waals surface area (Å²) in [5, 5.41) is 5.49. The van der Waals surface area contributed by atoms with Crippen molar-refractivity contribution in [2.75, 3.05) is 7.05 Å². The van der Waals surface area contributed by atoms with Crippen molar-refractivity contribution in [2.45, 2.75) is 13.0 Å². The van der Waals surface area contributed by atoms with E-state index in [2.05, 4.69) is 61.6 Å². The fourth-order valence-corrected chi connectivity index (χ4v) is 5.39. The Hall–Kier alpha value is 0.320. The van der Waals surface area contributed by atoms with Gasteiger partial charge < -0.3 is 5.32 Å². The summed E-state index contributed by atoms with van der Waals surface area (Å²) in [6, 6.07) is 4.53. The third-order valence-corrected chi connectivity index (χ3v) is 6.26. The molecule has 86 valence electrons. The van der Waals surface area contributed by atoms with E-state index in [1.165, 1.54) is 23.6 Å².